The third-order valence-electron chi connectivity index (χ3n) is 2.86. The molecule has 3 N–H and O–H groups in total. The SMILES string of the molecule is CCCC(CC(=O)O)NC(=O)NC(COC)C(C)C. The second-order valence-electron chi connectivity index (χ2n) is 5.01. The predicted molar refractivity (Wildman–Crippen MR) is 73.1 cm³/mol. The average Bonchev–Trinajstić information content (AvgIpc) is 2.27. The van der Waals surface area contributed by atoms with Crippen molar-refractivity contribution in [3.8, 4) is 0 Å². The molecule has 0 fully saturated rings. The smallest absolute Gasteiger partial charge is 0.315 e. The number of hydrogen-bond donors (Lipinski definition) is 3. The number of ether oxygens (including phenoxy) is 1. The van der Waals surface area contributed by atoms with E-state index in [0.29, 0.717) is 13.0 Å². The van der Waals surface area contributed by atoms with Gasteiger partial charge in [-0.05, 0) is 12.3 Å². The van der Waals surface area contributed by atoms with E-state index in [9.17, 15) is 9.59 Å². The molecule has 0 aliphatic carbocycles. The molecule has 6 nitrogen and oxygen atoms in total. The minimum absolute atomic E-state index is 0.0577. The van der Waals surface area contributed by atoms with Crippen molar-refractivity contribution in [1.29, 1.82) is 0 Å². The second-order valence-corrected chi connectivity index (χ2v) is 5.01. The van der Waals surface area contributed by atoms with E-state index in [-0.39, 0.29) is 30.5 Å². The highest BCUT2D eigenvalue weighted by atomic mass is 16.5. The fourth-order valence-corrected chi connectivity index (χ4v) is 1.76. The Balaban J connectivity index is 4.33. The Hall–Kier alpha value is -1.30. The molecule has 0 spiro atoms. The lowest BCUT2D eigenvalue weighted by molar-refractivity contribution is -0.137. The minimum atomic E-state index is -0.906. The van der Waals surface area contributed by atoms with Gasteiger partial charge in [-0.25, -0.2) is 4.79 Å². The van der Waals surface area contributed by atoms with Crippen molar-refractivity contribution in [1.82, 2.24) is 10.6 Å². The highest BCUT2D eigenvalue weighted by Crippen LogP contribution is 2.04. The summed E-state index contributed by atoms with van der Waals surface area (Å²) in [6.07, 6.45) is 1.41. The zero-order valence-electron chi connectivity index (χ0n) is 12.2. The number of hydrogen-bond acceptors (Lipinski definition) is 3. The van der Waals surface area contributed by atoms with Crippen LogP contribution in [0.2, 0.25) is 0 Å². The highest BCUT2D eigenvalue weighted by Gasteiger charge is 2.19. The lowest BCUT2D eigenvalue weighted by Gasteiger charge is -2.24. The molecule has 19 heavy (non-hydrogen) atoms. The topological polar surface area (TPSA) is 87.7 Å². The fraction of sp³-hybridized carbons (Fsp3) is 0.846. The molecule has 0 bridgehead atoms. The average molecular weight is 274 g/mol. The third kappa shape index (κ3) is 8.42. The van der Waals surface area contributed by atoms with E-state index in [2.05, 4.69) is 10.6 Å². The monoisotopic (exact) mass is 274 g/mol. The summed E-state index contributed by atoms with van der Waals surface area (Å²) in [5, 5.41) is 14.3. The number of carbonyl (C=O) groups is 2. The van der Waals surface area contributed by atoms with Gasteiger partial charge in [-0.2, -0.15) is 0 Å². The van der Waals surface area contributed by atoms with Crippen LogP contribution in [0.4, 0.5) is 4.79 Å². The molecular weight excluding hydrogens is 248 g/mol. The Morgan fingerprint density at radius 3 is 2.32 bits per heavy atom. The first-order chi connectivity index (χ1) is 8.90. The molecule has 0 aromatic heterocycles. The Morgan fingerprint density at radius 1 is 1.26 bits per heavy atom. The van der Waals surface area contributed by atoms with Crippen LogP contribution in [0.3, 0.4) is 0 Å². The molecule has 0 saturated heterocycles. The van der Waals surface area contributed by atoms with Crippen molar-refractivity contribution in [2.24, 2.45) is 5.92 Å². The number of methoxy groups -OCH3 is 1. The maximum atomic E-state index is 11.8. The van der Waals surface area contributed by atoms with E-state index < -0.39 is 5.97 Å². The lowest BCUT2D eigenvalue weighted by atomic mass is 10.1. The van der Waals surface area contributed by atoms with E-state index in [1.165, 1.54) is 0 Å². The van der Waals surface area contributed by atoms with Gasteiger partial charge in [0, 0.05) is 13.2 Å². The van der Waals surface area contributed by atoms with Crippen LogP contribution in [0.1, 0.15) is 40.0 Å². The number of amides is 2. The Labute approximate surface area is 114 Å². The van der Waals surface area contributed by atoms with E-state index in [4.69, 9.17) is 9.84 Å². The summed E-state index contributed by atoms with van der Waals surface area (Å²) in [6, 6.07) is -0.759. The number of nitrogens with one attached hydrogen (secondary N) is 2. The standard InChI is InChI=1S/C13H26N2O4/c1-5-6-10(7-12(16)17)14-13(18)15-11(8-19-4)9(2)3/h9-11H,5-8H2,1-4H3,(H,16,17)(H2,14,15,18). The summed E-state index contributed by atoms with van der Waals surface area (Å²) < 4.78 is 5.05. The van der Waals surface area contributed by atoms with Crippen LogP contribution in [0.25, 0.3) is 0 Å². The summed E-state index contributed by atoms with van der Waals surface area (Å²) in [5.41, 5.74) is 0. The highest BCUT2D eigenvalue weighted by molar-refractivity contribution is 5.76. The molecule has 0 aromatic carbocycles. The minimum Gasteiger partial charge on any atom is -0.481 e. The summed E-state index contributed by atoms with van der Waals surface area (Å²) in [4.78, 5) is 22.5. The van der Waals surface area contributed by atoms with Gasteiger partial charge >= 0.3 is 12.0 Å². The van der Waals surface area contributed by atoms with E-state index >= 15 is 0 Å². The molecule has 0 saturated carbocycles. The first-order valence-corrected chi connectivity index (χ1v) is 6.68. The number of carboxylic acids is 1. The molecule has 2 amide bonds. The van der Waals surface area contributed by atoms with Crippen LogP contribution in [-0.4, -0.2) is 42.9 Å². The van der Waals surface area contributed by atoms with Gasteiger partial charge in [0.05, 0.1) is 19.1 Å². The quantitative estimate of drug-likeness (QED) is 0.596. The molecule has 0 rings (SSSR count). The number of urea groups is 1. The Bertz CT molecular complexity index is 282. The molecule has 2 unspecified atom stereocenters. The van der Waals surface area contributed by atoms with Crippen molar-refractivity contribution in [3.05, 3.63) is 0 Å². The first kappa shape index (κ1) is 17.7. The maximum Gasteiger partial charge on any atom is 0.315 e. The number of aliphatic carboxylic acids is 1. The zero-order valence-corrected chi connectivity index (χ0v) is 12.2. The Morgan fingerprint density at radius 2 is 1.89 bits per heavy atom. The Kier molecular flexibility index (Phi) is 8.95. The largest absolute Gasteiger partial charge is 0.481 e. The normalized spacial score (nSPS) is 13.9. The van der Waals surface area contributed by atoms with Gasteiger partial charge in [-0.1, -0.05) is 27.2 Å². The molecule has 6 heteroatoms. The van der Waals surface area contributed by atoms with Crippen molar-refractivity contribution in [3.63, 3.8) is 0 Å². The van der Waals surface area contributed by atoms with Crippen molar-refractivity contribution < 1.29 is 19.4 Å². The van der Waals surface area contributed by atoms with Crippen LogP contribution in [0.15, 0.2) is 0 Å². The van der Waals surface area contributed by atoms with Crippen molar-refractivity contribution in [2.75, 3.05) is 13.7 Å². The molecule has 2 atom stereocenters. The second kappa shape index (κ2) is 9.61. The number of carboxylic acid groups (broad SMARTS) is 1. The maximum absolute atomic E-state index is 11.8. The number of rotatable bonds is 9. The summed E-state index contributed by atoms with van der Waals surface area (Å²) in [5.74, 6) is -0.661. The molecule has 112 valence electrons. The molecule has 0 aliphatic rings. The predicted octanol–water partition coefficient (Wildman–Crippen LogP) is 1.60. The molecule has 0 aliphatic heterocycles. The van der Waals surface area contributed by atoms with Gasteiger partial charge < -0.3 is 20.5 Å². The van der Waals surface area contributed by atoms with E-state index in [1.54, 1.807) is 7.11 Å². The molecule has 0 heterocycles. The first-order valence-electron chi connectivity index (χ1n) is 6.68. The number of carbonyl (C=O) groups excluding carboxylic acids is 1. The lowest BCUT2D eigenvalue weighted by Crippen LogP contribution is -2.49. The molecular formula is C13H26N2O4. The van der Waals surface area contributed by atoms with Crippen LogP contribution in [-0.2, 0) is 9.53 Å². The summed E-state index contributed by atoms with van der Waals surface area (Å²) in [7, 11) is 1.58. The zero-order chi connectivity index (χ0) is 14.8. The van der Waals surface area contributed by atoms with Gasteiger partial charge in [0.1, 0.15) is 0 Å². The molecule has 0 aromatic rings. The van der Waals surface area contributed by atoms with Crippen molar-refractivity contribution in [2.45, 2.75) is 52.1 Å². The fourth-order valence-electron chi connectivity index (χ4n) is 1.76. The van der Waals surface area contributed by atoms with E-state index in [0.717, 1.165) is 6.42 Å². The van der Waals surface area contributed by atoms with Gasteiger partial charge in [0.2, 0.25) is 0 Å². The van der Waals surface area contributed by atoms with E-state index in [1.807, 2.05) is 20.8 Å². The van der Waals surface area contributed by atoms with Crippen LogP contribution >= 0.6 is 0 Å². The van der Waals surface area contributed by atoms with Crippen LogP contribution in [0.5, 0.6) is 0 Å². The van der Waals surface area contributed by atoms with Gasteiger partial charge in [0.15, 0.2) is 0 Å². The summed E-state index contributed by atoms with van der Waals surface area (Å²) >= 11 is 0. The van der Waals surface area contributed by atoms with Crippen LogP contribution < -0.4 is 10.6 Å². The van der Waals surface area contributed by atoms with Crippen LogP contribution in [0, 0.1) is 5.92 Å². The van der Waals surface area contributed by atoms with Gasteiger partial charge in [-0.3, -0.25) is 4.79 Å². The molecule has 0 radical (unpaired) electrons. The summed E-state index contributed by atoms with van der Waals surface area (Å²) in [6.45, 7) is 6.37. The van der Waals surface area contributed by atoms with Gasteiger partial charge in [-0.15, -0.1) is 0 Å². The third-order valence-corrected chi connectivity index (χ3v) is 2.86. The van der Waals surface area contributed by atoms with Gasteiger partial charge in [0.25, 0.3) is 0 Å². The van der Waals surface area contributed by atoms with Crippen molar-refractivity contribution >= 4 is 12.0 Å².